The van der Waals surface area contributed by atoms with Gasteiger partial charge in [0.1, 0.15) is 12.4 Å². The fourth-order valence-corrected chi connectivity index (χ4v) is 3.16. The minimum Gasteiger partial charge on any atom is -0.488 e. The van der Waals surface area contributed by atoms with Gasteiger partial charge in [-0.3, -0.25) is 15.8 Å². The molecule has 0 aliphatic heterocycles. The molecule has 3 N–H and O–H groups in total. The highest BCUT2D eigenvalue weighted by molar-refractivity contribution is 5.89. The predicted octanol–water partition coefficient (Wildman–Crippen LogP) is 5.11. The number of para-hydroxylation sites is 3. The van der Waals surface area contributed by atoms with E-state index in [2.05, 4.69) is 27.7 Å². The van der Waals surface area contributed by atoms with Crippen LogP contribution >= 0.6 is 0 Å². The highest BCUT2D eigenvalue weighted by Gasteiger charge is 2.10. The Balaban J connectivity index is 1.40. The van der Waals surface area contributed by atoms with Gasteiger partial charge in [0, 0.05) is 28.4 Å². The summed E-state index contributed by atoms with van der Waals surface area (Å²) in [6.45, 7) is 4.41. The lowest BCUT2D eigenvalue weighted by Crippen LogP contribution is -2.39. The molecule has 4 aromatic rings. The fraction of sp³-hybridized carbons (Fsp3) is 0.0400. The van der Waals surface area contributed by atoms with Crippen LogP contribution in [0.4, 0.5) is 10.5 Å². The van der Waals surface area contributed by atoms with E-state index in [0.29, 0.717) is 23.7 Å². The molecule has 0 aliphatic carbocycles. The number of carbonyl (C=O) groups excluding carboxylic acids is 1. The summed E-state index contributed by atoms with van der Waals surface area (Å²) in [4.78, 5) is 16.5. The zero-order chi connectivity index (χ0) is 21.5. The Morgan fingerprint density at radius 2 is 1.61 bits per heavy atom. The first-order chi connectivity index (χ1) is 15.2. The maximum atomic E-state index is 12.1. The van der Waals surface area contributed by atoms with E-state index in [4.69, 9.17) is 4.74 Å². The molecular weight excluding hydrogens is 388 g/mol. The molecule has 31 heavy (non-hydrogen) atoms. The van der Waals surface area contributed by atoms with Gasteiger partial charge >= 0.3 is 6.03 Å². The van der Waals surface area contributed by atoms with Crippen molar-refractivity contribution in [2.75, 3.05) is 5.32 Å². The Bertz CT molecular complexity index is 1200. The van der Waals surface area contributed by atoms with Crippen molar-refractivity contribution in [3.05, 3.63) is 109 Å². The number of hydrazine groups is 1. The molecule has 0 bridgehead atoms. The summed E-state index contributed by atoms with van der Waals surface area (Å²) in [6.07, 6.45) is 1.78. The maximum absolute atomic E-state index is 12.1. The quantitative estimate of drug-likeness (QED) is 0.370. The van der Waals surface area contributed by atoms with E-state index in [1.54, 1.807) is 18.3 Å². The van der Waals surface area contributed by atoms with Crippen molar-refractivity contribution in [1.82, 2.24) is 15.8 Å². The van der Waals surface area contributed by atoms with Gasteiger partial charge in [0.2, 0.25) is 0 Å². The minimum atomic E-state index is -0.394. The molecule has 0 radical (unpaired) electrons. The molecule has 0 unspecified atom stereocenters. The first-order valence-electron chi connectivity index (χ1n) is 9.82. The summed E-state index contributed by atoms with van der Waals surface area (Å²) >= 11 is 0. The third-order valence-corrected chi connectivity index (χ3v) is 4.69. The molecule has 6 nitrogen and oxygen atoms in total. The SMILES string of the molecule is C=C(NNC(=O)Nc1ccccc1)c1ccccc1OCc1ccnc2ccccc12. The Kier molecular flexibility index (Phi) is 6.09. The first kappa shape index (κ1) is 20.0. The molecule has 0 saturated carbocycles. The van der Waals surface area contributed by atoms with E-state index in [9.17, 15) is 4.79 Å². The van der Waals surface area contributed by atoms with Gasteiger partial charge in [-0.05, 0) is 36.4 Å². The number of carbonyl (C=O) groups is 1. The molecule has 3 aromatic carbocycles. The van der Waals surface area contributed by atoms with Crippen molar-refractivity contribution in [3.8, 4) is 5.75 Å². The number of ether oxygens (including phenoxy) is 1. The van der Waals surface area contributed by atoms with Crippen LogP contribution < -0.4 is 20.9 Å². The van der Waals surface area contributed by atoms with Gasteiger partial charge in [-0.25, -0.2) is 4.79 Å². The summed E-state index contributed by atoms with van der Waals surface area (Å²) in [6, 6.07) is 26.2. The molecule has 1 aromatic heterocycles. The average molecular weight is 410 g/mol. The molecule has 6 heteroatoms. The summed E-state index contributed by atoms with van der Waals surface area (Å²) in [5.41, 5.74) is 9.36. The summed E-state index contributed by atoms with van der Waals surface area (Å²) < 4.78 is 6.10. The van der Waals surface area contributed by atoms with Crippen molar-refractivity contribution in [2.45, 2.75) is 6.61 Å². The van der Waals surface area contributed by atoms with Crippen molar-refractivity contribution < 1.29 is 9.53 Å². The van der Waals surface area contributed by atoms with Crippen molar-refractivity contribution >= 4 is 28.3 Å². The van der Waals surface area contributed by atoms with Crippen LogP contribution in [0.5, 0.6) is 5.75 Å². The third-order valence-electron chi connectivity index (χ3n) is 4.69. The Morgan fingerprint density at radius 1 is 0.871 bits per heavy atom. The molecule has 2 amide bonds. The molecule has 0 spiro atoms. The lowest BCUT2D eigenvalue weighted by Gasteiger charge is -2.16. The number of nitrogens with one attached hydrogen (secondary N) is 3. The van der Waals surface area contributed by atoms with Gasteiger partial charge in [0.25, 0.3) is 0 Å². The highest BCUT2D eigenvalue weighted by atomic mass is 16.5. The van der Waals surface area contributed by atoms with E-state index in [0.717, 1.165) is 22.0 Å². The number of amides is 2. The number of fused-ring (bicyclic) bond motifs is 1. The highest BCUT2D eigenvalue weighted by Crippen LogP contribution is 2.25. The number of aromatic nitrogens is 1. The molecular formula is C25H22N4O2. The number of nitrogens with zero attached hydrogens (tertiary/aromatic N) is 1. The van der Waals surface area contributed by atoms with Gasteiger partial charge in [0.15, 0.2) is 0 Å². The molecule has 0 atom stereocenters. The number of urea groups is 1. The van der Waals surface area contributed by atoms with Gasteiger partial charge in [-0.1, -0.05) is 55.1 Å². The smallest absolute Gasteiger partial charge is 0.337 e. The number of hydrogen-bond acceptors (Lipinski definition) is 4. The van der Waals surface area contributed by atoms with E-state index in [-0.39, 0.29) is 0 Å². The van der Waals surface area contributed by atoms with Crippen molar-refractivity contribution in [3.63, 3.8) is 0 Å². The lowest BCUT2D eigenvalue weighted by atomic mass is 10.1. The van der Waals surface area contributed by atoms with Crippen molar-refractivity contribution in [1.29, 1.82) is 0 Å². The number of rotatable bonds is 7. The molecule has 0 aliphatic rings. The van der Waals surface area contributed by atoms with E-state index in [1.807, 2.05) is 72.8 Å². The van der Waals surface area contributed by atoms with Crippen LogP contribution in [0, 0.1) is 0 Å². The van der Waals surface area contributed by atoms with Crippen LogP contribution in [0.15, 0.2) is 97.7 Å². The Labute approximate surface area is 180 Å². The van der Waals surface area contributed by atoms with Crippen molar-refractivity contribution in [2.24, 2.45) is 0 Å². The standard InChI is InChI=1S/C25H22N4O2/c1-18(28-29-25(30)27-20-9-3-2-4-10-20)21-11-6-8-14-24(21)31-17-19-15-16-26-23-13-7-5-12-22(19)23/h2-16,28H,1,17H2,(H2,27,29,30). The first-order valence-corrected chi connectivity index (χ1v) is 9.82. The summed E-state index contributed by atoms with van der Waals surface area (Å²) in [7, 11) is 0. The fourth-order valence-electron chi connectivity index (χ4n) is 3.16. The van der Waals surface area contributed by atoms with Gasteiger partial charge < -0.3 is 10.1 Å². The molecule has 4 rings (SSSR count). The lowest BCUT2D eigenvalue weighted by molar-refractivity contribution is 0.250. The van der Waals surface area contributed by atoms with Gasteiger partial charge in [0.05, 0.1) is 11.2 Å². The van der Waals surface area contributed by atoms with Crippen LogP contribution in [0.2, 0.25) is 0 Å². The molecule has 154 valence electrons. The summed E-state index contributed by atoms with van der Waals surface area (Å²) in [5, 5.41) is 3.79. The second-order valence-electron chi connectivity index (χ2n) is 6.82. The van der Waals surface area contributed by atoms with E-state index >= 15 is 0 Å². The molecule has 1 heterocycles. The number of hydrogen-bond donors (Lipinski definition) is 3. The third kappa shape index (κ3) is 5.00. The van der Waals surface area contributed by atoms with Gasteiger partial charge in [-0.15, -0.1) is 0 Å². The second kappa shape index (κ2) is 9.45. The van der Waals surface area contributed by atoms with Crippen LogP contribution in [-0.2, 0) is 6.61 Å². The maximum Gasteiger partial charge on any atom is 0.337 e. The minimum absolute atomic E-state index is 0.384. The zero-order valence-electron chi connectivity index (χ0n) is 16.8. The second-order valence-corrected chi connectivity index (χ2v) is 6.82. The predicted molar refractivity (Wildman–Crippen MR) is 123 cm³/mol. The van der Waals surface area contributed by atoms with Crippen LogP contribution in [-0.4, -0.2) is 11.0 Å². The van der Waals surface area contributed by atoms with E-state index < -0.39 is 6.03 Å². The average Bonchev–Trinajstić information content (AvgIpc) is 2.82. The number of benzene rings is 3. The monoisotopic (exact) mass is 410 g/mol. The molecule has 0 fully saturated rings. The normalized spacial score (nSPS) is 10.3. The Morgan fingerprint density at radius 3 is 2.48 bits per heavy atom. The van der Waals surface area contributed by atoms with Gasteiger partial charge in [-0.2, -0.15) is 0 Å². The molecule has 0 saturated heterocycles. The van der Waals surface area contributed by atoms with Crippen LogP contribution in [0.3, 0.4) is 0 Å². The Hall–Kier alpha value is -4.32. The summed E-state index contributed by atoms with van der Waals surface area (Å²) in [5.74, 6) is 0.658. The number of anilines is 1. The van der Waals surface area contributed by atoms with Crippen LogP contribution in [0.1, 0.15) is 11.1 Å². The zero-order valence-corrected chi connectivity index (χ0v) is 16.8. The van der Waals surface area contributed by atoms with E-state index in [1.165, 1.54) is 0 Å². The number of pyridine rings is 1. The van der Waals surface area contributed by atoms with Crippen LogP contribution in [0.25, 0.3) is 16.6 Å². The largest absolute Gasteiger partial charge is 0.488 e. The topological polar surface area (TPSA) is 75.3 Å².